The van der Waals surface area contributed by atoms with Gasteiger partial charge in [-0.25, -0.2) is 4.98 Å². The predicted octanol–water partition coefficient (Wildman–Crippen LogP) is 3.93. The highest BCUT2D eigenvalue weighted by Crippen LogP contribution is 2.33. The number of imidazole rings is 1. The first-order valence-corrected chi connectivity index (χ1v) is 7.33. The zero-order chi connectivity index (χ0) is 12.5. The van der Waals surface area contributed by atoms with Gasteiger partial charge in [0.2, 0.25) is 0 Å². The lowest BCUT2D eigenvalue weighted by molar-refractivity contribution is 0.588. The molecule has 1 aromatic carbocycles. The number of aryl methyl sites for hydroxylation is 3. The van der Waals surface area contributed by atoms with E-state index in [0.717, 1.165) is 30.2 Å². The van der Waals surface area contributed by atoms with E-state index in [1.54, 1.807) is 0 Å². The fraction of sp³-hybridized carbons (Fsp3) is 0.533. The Balaban J connectivity index is 2.00. The summed E-state index contributed by atoms with van der Waals surface area (Å²) >= 11 is 5.90. The second-order valence-electron chi connectivity index (χ2n) is 5.29. The Hall–Kier alpha value is -1.02. The molecule has 0 amide bonds. The van der Waals surface area contributed by atoms with Crippen LogP contribution in [0.4, 0.5) is 0 Å². The molecule has 2 nitrogen and oxygen atoms in total. The van der Waals surface area contributed by atoms with Crippen molar-refractivity contribution in [2.45, 2.75) is 39.2 Å². The number of halogens is 1. The molecule has 0 radical (unpaired) electrons. The van der Waals surface area contributed by atoms with E-state index in [0.29, 0.717) is 5.88 Å². The topological polar surface area (TPSA) is 17.8 Å². The Morgan fingerprint density at radius 1 is 1.39 bits per heavy atom. The molecule has 1 saturated carbocycles. The fourth-order valence-corrected chi connectivity index (χ4v) is 2.75. The molecule has 1 aliphatic rings. The highest BCUT2D eigenvalue weighted by molar-refractivity contribution is 6.17. The molecule has 1 aliphatic carbocycles. The average molecular weight is 263 g/mol. The van der Waals surface area contributed by atoms with Gasteiger partial charge in [-0.05, 0) is 30.9 Å². The summed E-state index contributed by atoms with van der Waals surface area (Å²) in [5.41, 5.74) is 3.68. The van der Waals surface area contributed by atoms with Crippen molar-refractivity contribution in [1.29, 1.82) is 0 Å². The number of aromatic nitrogens is 2. The normalized spacial score (nSPS) is 15.4. The lowest BCUT2D eigenvalue weighted by Gasteiger charge is -2.07. The lowest BCUT2D eigenvalue weighted by atomic mass is 10.2. The maximum atomic E-state index is 5.90. The van der Waals surface area contributed by atoms with Gasteiger partial charge in [0, 0.05) is 18.8 Å². The minimum absolute atomic E-state index is 0.645. The molecule has 1 heterocycles. The van der Waals surface area contributed by atoms with Gasteiger partial charge in [0.1, 0.15) is 5.82 Å². The molecule has 0 aliphatic heterocycles. The number of para-hydroxylation sites is 1. The first-order chi connectivity index (χ1) is 8.79. The van der Waals surface area contributed by atoms with E-state index in [2.05, 4.69) is 29.7 Å². The van der Waals surface area contributed by atoms with Crippen LogP contribution >= 0.6 is 11.6 Å². The molecule has 3 rings (SSSR count). The monoisotopic (exact) mass is 262 g/mol. The van der Waals surface area contributed by atoms with Crippen molar-refractivity contribution in [3.8, 4) is 0 Å². The van der Waals surface area contributed by atoms with Crippen LogP contribution in [-0.2, 0) is 13.0 Å². The molecule has 0 atom stereocenters. The molecule has 0 N–H and O–H groups in total. The van der Waals surface area contributed by atoms with Crippen molar-refractivity contribution in [3.63, 3.8) is 0 Å². The molecule has 1 fully saturated rings. The number of hydrogen-bond acceptors (Lipinski definition) is 1. The summed E-state index contributed by atoms with van der Waals surface area (Å²) in [6.45, 7) is 3.22. The number of fused-ring (bicyclic) bond motifs is 1. The first-order valence-electron chi connectivity index (χ1n) is 6.80. The quantitative estimate of drug-likeness (QED) is 0.747. The smallest absolute Gasteiger partial charge is 0.111 e. The SMILES string of the molecule is Cc1cccc2c1nc(CCCl)n2CCC1CC1. The van der Waals surface area contributed by atoms with E-state index >= 15 is 0 Å². The van der Waals surface area contributed by atoms with Crippen LogP contribution in [0.15, 0.2) is 18.2 Å². The minimum atomic E-state index is 0.645. The van der Waals surface area contributed by atoms with Gasteiger partial charge in [0.25, 0.3) is 0 Å². The molecule has 2 aromatic rings. The van der Waals surface area contributed by atoms with E-state index in [-0.39, 0.29) is 0 Å². The predicted molar refractivity (Wildman–Crippen MR) is 76.2 cm³/mol. The van der Waals surface area contributed by atoms with Gasteiger partial charge in [-0.15, -0.1) is 11.6 Å². The van der Waals surface area contributed by atoms with E-state index in [1.165, 1.54) is 30.3 Å². The van der Waals surface area contributed by atoms with Gasteiger partial charge in [0.05, 0.1) is 11.0 Å². The summed E-state index contributed by atoms with van der Waals surface area (Å²) in [6.07, 6.45) is 4.97. The van der Waals surface area contributed by atoms with E-state index in [4.69, 9.17) is 16.6 Å². The van der Waals surface area contributed by atoms with Gasteiger partial charge in [-0.2, -0.15) is 0 Å². The van der Waals surface area contributed by atoms with Crippen LogP contribution < -0.4 is 0 Å². The molecule has 0 unspecified atom stereocenters. The van der Waals surface area contributed by atoms with Crippen LogP contribution in [0.25, 0.3) is 11.0 Å². The molecule has 3 heteroatoms. The van der Waals surface area contributed by atoms with E-state index in [9.17, 15) is 0 Å². The van der Waals surface area contributed by atoms with Gasteiger partial charge in [0.15, 0.2) is 0 Å². The standard InChI is InChI=1S/C15H19ClN2/c1-11-3-2-4-13-15(11)17-14(7-9-16)18(13)10-8-12-5-6-12/h2-4,12H,5-10H2,1H3. The third-order valence-corrected chi connectivity index (χ3v) is 4.02. The molecular formula is C15H19ClN2. The summed E-state index contributed by atoms with van der Waals surface area (Å²) < 4.78 is 2.38. The van der Waals surface area contributed by atoms with Gasteiger partial charge in [-0.3, -0.25) is 0 Å². The summed E-state index contributed by atoms with van der Waals surface area (Å²) in [5, 5.41) is 0. The van der Waals surface area contributed by atoms with Gasteiger partial charge < -0.3 is 4.57 Å². The first kappa shape index (κ1) is 12.0. The molecule has 1 aromatic heterocycles. The van der Waals surface area contributed by atoms with Gasteiger partial charge >= 0.3 is 0 Å². The third-order valence-electron chi connectivity index (χ3n) is 3.84. The van der Waals surface area contributed by atoms with Crippen LogP contribution in [-0.4, -0.2) is 15.4 Å². The summed E-state index contributed by atoms with van der Waals surface area (Å²) in [4.78, 5) is 4.78. The number of hydrogen-bond donors (Lipinski definition) is 0. The zero-order valence-corrected chi connectivity index (χ0v) is 11.6. The molecule has 0 spiro atoms. The number of alkyl halides is 1. The third kappa shape index (κ3) is 2.26. The number of benzene rings is 1. The van der Waals surface area contributed by atoms with Crippen LogP contribution in [0.5, 0.6) is 0 Å². The molecule has 0 saturated heterocycles. The lowest BCUT2D eigenvalue weighted by Crippen LogP contribution is -2.05. The van der Waals surface area contributed by atoms with E-state index < -0.39 is 0 Å². The highest BCUT2D eigenvalue weighted by atomic mass is 35.5. The second kappa shape index (κ2) is 4.93. The van der Waals surface area contributed by atoms with Crippen molar-refractivity contribution < 1.29 is 0 Å². The molecule has 18 heavy (non-hydrogen) atoms. The zero-order valence-electron chi connectivity index (χ0n) is 10.8. The van der Waals surface area contributed by atoms with Crippen molar-refractivity contribution >= 4 is 22.6 Å². The summed E-state index contributed by atoms with van der Waals surface area (Å²) in [6, 6.07) is 6.43. The van der Waals surface area contributed by atoms with Crippen LogP contribution in [0.2, 0.25) is 0 Å². The maximum Gasteiger partial charge on any atom is 0.111 e. The summed E-state index contributed by atoms with van der Waals surface area (Å²) in [7, 11) is 0. The van der Waals surface area contributed by atoms with Crippen molar-refractivity contribution in [2.75, 3.05) is 5.88 Å². The molecule has 96 valence electrons. The van der Waals surface area contributed by atoms with Crippen molar-refractivity contribution in [1.82, 2.24) is 9.55 Å². The Bertz CT molecular complexity index is 555. The number of nitrogens with zero attached hydrogens (tertiary/aromatic N) is 2. The second-order valence-corrected chi connectivity index (χ2v) is 5.67. The highest BCUT2D eigenvalue weighted by Gasteiger charge is 2.22. The number of rotatable bonds is 5. The van der Waals surface area contributed by atoms with Gasteiger partial charge in [-0.1, -0.05) is 25.0 Å². The molecule has 0 bridgehead atoms. The Labute approximate surface area is 113 Å². The summed E-state index contributed by atoms with van der Waals surface area (Å²) in [5.74, 6) is 2.75. The Morgan fingerprint density at radius 3 is 2.94 bits per heavy atom. The van der Waals surface area contributed by atoms with Crippen LogP contribution in [0.3, 0.4) is 0 Å². The van der Waals surface area contributed by atoms with Crippen molar-refractivity contribution in [2.24, 2.45) is 5.92 Å². The van der Waals surface area contributed by atoms with E-state index in [1.807, 2.05) is 0 Å². The average Bonchev–Trinajstić information content (AvgIpc) is 3.11. The maximum absolute atomic E-state index is 5.90. The molecular weight excluding hydrogens is 244 g/mol. The Kier molecular flexibility index (Phi) is 3.29. The fourth-order valence-electron chi connectivity index (χ4n) is 2.58. The minimum Gasteiger partial charge on any atom is -0.328 e. The Morgan fingerprint density at radius 2 is 2.22 bits per heavy atom. The largest absolute Gasteiger partial charge is 0.328 e. The van der Waals surface area contributed by atoms with Crippen LogP contribution in [0.1, 0.15) is 30.7 Å². The van der Waals surface area contributed by atoms with Crippen molar-refractivity contribution in [3.05, 3.63) is 29.6 Å². The van der Waals surface area contributed by atoms with Crippen LogP contribution in [0, 0.1) is 12.8 Å².